The standard InChI is InChI=1S/C16H21ClN4OS/c1-11(2)15-19-16(23-20-15)21-7-4-12(5-8-21)10-22-14-3-6-18-9-13(14)17/h3,6,9,11-12H,4-5,7-8,10H2,1-2H3. The van der Waals surface area contributed by atoms with Gasteiger partial charge in [0, 0.05) is 49.0 Å². The fourth-order valence-corrected chi connectivity index (χ4v) is 3.60. The molecule has 0 spiro atoms. The largest absolute Gasteiger partial charge is 0.492 e. The minimum atomic E-state index is 0.385. The monoisotopic (exact) mass is 352 g/mol. The van der Waals surface area contributed by atoms with E-state index >= 15 is 0 Å². The molecule has 0 unspecified atom stereocenters. The third kappa shape index (κ3) is 4.12. The van der Waals surface area contributed by atoms with Gasteiger partial charge < -0.3 is 9.64 Å². The molecule has 124 valence electrons. The second-order valence-electron chi connectivity index (χ2n) is 6.14. The van der Waals surface area contributed by atoms with Crippen molar-refractivity contribution in [1.82, 2.24) is 14.3 Å². The molecule has 1 fully saturated rings. The van der Waals surface area contributed by atoms with Gasteiger partial charge in [-0.1, -0.05) is 25.4 Å². The van der Waals surface area contributed by atoms with Crippen LogP contribution in [0, 0.1) is 5.92 Å². The average Bonchev–Trinajstić information content (AvgIpc) is 3.05. The van der Waals surface area contributed by atoms with Gasteiger partial charge in [0.05, 0.1) is 6.61 Å². The summed E-state index contributed by atoms with van der Waals surface area (Å²) in [5, 5.41) is 1.62. The molecule has 0 atom stereocenters. The highest BCUT2D eigenvalue weighted by Crippen LogP contribution is 2.28. The molecular formula is C16H21ClN4OS. The molecule has 3 heterocycles. The lowest BCUT2D eigenvalue weighted by atomic mass is 9.98. The van der Waals surface area contributed by atoms with E-state index in [9.17, 15) is 0 Å². The molecule has 3 rings (SSSR count). The zero-order valence-electron chi connectivity index (χ0n) is 13.4. The van der Waals surface area contributed by atoms with Crippen LogP contribution in [-0.4, -0.2) is 34.0 Å². The van der Waals surface area contributed by atoms with Crippen molar-refractivity contribution >= 4 is 28.3 Å². The molecule has 0 N–H and O–H groups in total. The molecule has 2 aromatic rings. The van der Waals surface area contributed by atoms with Gasteiger partial charge in [0.1, 0.15) is 16.6 Å². The number of halogens is 1. The average molecular weight is 353 g/mol. The molecule has 1 aliphatic heterocycles. The number of aromatic nitrogens is 3. The Bertz CT molecular complexity index is 641. The molecule has 0 aromatic carbocycles. The van der Waals surface area contributed by atoms with Crippen LogP contribution in [0.2, 0.25) is 5.02 Å². The molecule has 23 heavy (non-hydrogen) atoms. The number of hydrogen-bond acceptors (Lipinski definition) is 6. The SMILES string of the molecule is CC(C)c1nsc(N2CCC(COc3ccncc3Cl)CC2)n1. The summed E-state index contributed by atoms with van der Waals surface area (Å²) in [4.78, 5) is 10.9. The maximum Gasteiger partial charge on any atom is 0.205 e. The predicted molar refractivity (Wildman–Crippen MR) is 93.7 cm³/mol. The lowest BCUT2D eigenvalue weighted by Crippen LogP contribution is -2.35. The van der Waals surface area contributed by atoms with E-state index in [1.807, 2.05) is 6.07 Å². The van der Waals surface area contributed by atoms with Gasteiger partial charge in [-0.2, -0.15) is 4.37 Å². The number of nitrogens with zero attached hydrogens (tertiary/aromatic N) is 4. The van der Waals surface area contributed by atoms with Crippen LogP contribution in [0.15, 0.2) is 18.5 Å². The van der Waals surface area contributed by atoms with Crippen molar-refractivity contribution < 1.29 is 4.74 Å². The summed E-state index contributed by atoms with van der Waals surface area (Å²) in [6.45, 7) is 6.96. The predicted octanol–water partition coefficient (Wildman–Crippen LogP) is 4.01. The summed E-state index contributed by atoms with van der Waals surface area (Å²) in [5.41, 5.74) is 0. The summed E-state index contributed by atoms with van der Waals surface area (Å²) < 4.78 is 10.3. The van der Waals surface area contributed by atoms with Crippen LogP contribution >= 0.6 is 23.1 Å². The Kier molecular flexibility index (Phi) is 5.33. The van der Waals surface area contributed by atoms with Crippen molar-refractivity contribution in [1.29, 1.82) is 0 Å². The zero-order chi connectivity index (χ0) is 16.2. The van der Waals surface area contributed by atoms with E-state index < -0.39 is 0 Å². The van der Waals surface area contributed by atoms with Crippen LogP contribution in [-0.2, 0) is 0 Å². The summed E-state index contributed by atoms with van der Waals surface area (Å²) >= 11 is 7.57. The van der Waals surface area contributed by atoms with Crippen LogP contribution in [0.1, 0.15) is 38.4 Å². The highest BCUT2D eigenvalue weighted by Gasteiger charge is 2.23. The van der Waals surface area contributed by atoms with E-state index in [0.29, 0.717) is 23.5 Å². The number of piperidine rings is 1. The summed E-state index contributed by atoms with van der Waals surface area (Å²) in [6.07, 6.45) is 5.51. The minimum Gasteiger partial charge on any atom is -0.492 e. The molecule has 0 bridgehead atoms. The molecule has 1 aliphatic rings. The first kappa shape index (κ1) is 16.5. The zero-order valence-corrected chi connectivity index (χ0v) is 15.0. The molecule has 5 nitrogen and oxygen atoms in total. The Balaban J connectivity index is 1.49. The van der Waals surface area contributed by atoms with Crippen molar-refractivity contribution in [2.24, 2.45) is 5.92 Å². The van der Waals surface area contributed by atoms with E-state index in [2.05, 4.69) is 33.1 Å². The lowest BCUT2D eigenvalue weighted by molar-refractivity contribution is 0.223. The molecule has 0 saturated carbocycles. The highest BCUT2D eigenvalue weighted by atomic mass is 35.5. The molecule has 0 aliphatic carbocycles. The number of hydrogen-bond donors (Lipinski definition) is 0. The van der Waals surface area contributed by atoms with Crippen molar-refractivity contribution in [3.05, 3.63) is 29.3 Å². The van der Waals surface area contributed by atoms with Gasteiger partial charge in [0.25, 0.3) is 0 Å². The van der Waals surface area contributed by atoms with Gasteiger partial charge in [0.15, 0.2) is 0 Å². The summed E-state index contributed by atoms with van der Waals surface area (Å²) in [7, 11) is 0. The number of rotatable bonds is 5. The lowest BCUT2D eigenvalue weighted by Gasteiger charge is -2.31. The van der Waals surface area contributed by atoms with E-state index in [4.69, 9.17) is 16.3 Å². The summed E-state index contributed by atoms with van der Waals surface area (Å²) in [5.74, 6) is 2.60. The van der Waals surface area contributed by atoms with Gasteiger partial charge in [0.2, 0.25) is 5.13 Å². The second-order valence-corrected chi connectivity index (χ2v) is 7.27. The quantitative estimate of drug-likeness (QED) is 0.813. The van der Waals surface area contributed by atoms with Crippen molar-refractivity contribution in [2.45, 2.75) is 32.6 Å². The topological polar surface area (TPSA) is 51.1 Å². The molecular weight excluding hydrogens is 332 g/mol. The van der Waals surface area contributed by atoms with E-state index in [0.717, 1.165) is 42.6 Å². The number of pyridine rings is 1. The number of ether oxygens (including phenoxy) is 1. The second kappa shape index (κ2) is 7.45. The Hall–Kier alpha value is -1.40. The van der Waals surface area contributed by atoms with Gasteiger partial charge >= 0.3 is 0 Å². The third-order valence-corrected chi connectivity index (χ3v) is 5.12. The van der Waals surface area contributed by atoms with Gasteiger partial charge in [-0.25, -0.2) is 4.98 Å². The Morgan fingerprint density at radius 1 is 1.39 bits per heavy atom. The maximum atomic E-state index is 6.06. The first-order valence-corrected chi connectivity index (χ1v) is 9.09. The maximum absolute atomic E-state index is 6.06. The molecule has 2 aromatic heterocycles. The van der Waals surface area contributed by atoms with Gasteiger partial charge in [-0.15, -0.1) is 0 Å². The highest BCUT2D eigenvalue weighted by molar-refractivity contribution is 7.09. The number of anilines is 1. The van der Waals surface area contributed by atoms with Crippen LogP contribution in [0.4, 0.5) is 5.13 Å². The van der Waals surface area contributed by atoms with Crippen LogP contribution in [0.5, 0.6) is 5.75 Å². The van der Waals surface area contributed by atoms with E-state index in [1.54, 1.807) is 12.4 Å². The third-order valence-electron chi connectivity index (χ3n) is 4.04. The first-order valence-electron chi connectivity index (χ1n) is 7.94. The van der Waals surface area contributed by atoms with Crippen molar-refractivity contribution in [3.8, 4) is 5.75 Å². The Morgan fingerprint density at radius 2 is 2.17 bits per heavy atom. The molecule has 0 radical (unpaired) electrons. The molecule has 1 saturated heterocycles. The molecule has 7 heteroatoms. The van der Waals surface area contributed by atoms with Crippen LogP contribution < -0.4 is 9.64 Å². The Morgan fingerprint density at radius 3 is 2.83 bits per heavy atom. The normalized spacial score (nSPS) is 16.1. The van der Waals surface area contributed by atoms with Crippen LogP contribution in [0.25, 0.3) is 0 Å². The first-order chi connectivity index (χ1) is 11.1. The smallest absolute Gasteiger partial charge is 0.205 e. The Labute approximate surface area is 145 Å². The van der Waals surface area contributed by atoms with Gasteiger partial charge in [-0.05, 0) is 18.8 Å². The van der Waals surface area contributed by atoms with Crippen LogP contribution in [0.3, 0.4) is 0 Å². The van der Waals surface area contributed by atoms with Crippen molar-refractivity contribution in [2.75, 3.05) is 24.6 Å². The minimum absolute atomic E-state index is 0.385. The van der Waals surface area contributed by atoms with E-state index in [1.165, 1.54) is 11.5 Å². The fourth-order valence-electron chi connectivity index (χ4n) is 2.57. The van der Waals surface area contributed by atoms with Gasteiger partial charge in [-0.3, -0.25) is 4.98 Å². The molecule has 0 amide bonds. The summed E-state index contributed by atoms with van der Waals surface area (Å²) in [6, 6.07) is 1.81. The fraction of sp³-hybridized carbons (Fsp3) is 0.562. The van der Waals surface area contributed by atoms with E-state index in [-0.39, 0.29) is 0 Å². The van der Waals surface area contributed by atoms with Crippen molar-refractivity contribution in [3.63, 3.8) is 0 Å².